The number of carbonyl (C=O) groups excluding carboxylic acids is 1. The molecule has 0 radical (unpaired) electrons. The van der Waals surface area contributed by atoms with Gasteiger partial charge in [0.25, 0.3) is 5.56 Å². The maximum atomic E-state index is 13.2. The van der Waals surface area contributed by atoms with Gasteiger partial charge in [0, 0.05) is 18.4 Å². The first-order chi connectivity index (χ1) is 15.3. The van der Waals surface area contributed by atoms with E-state index >= 15 is 0 Å². The molecule has 0 unspecified atom stereocenters. The van der Waals surface area contributed by atoms with Gasteiger partial charge in [0.1, 0.15) is 12.9 Å². The van der Waals surface area contributed by atoms with Gasteiger partial charge in [-0.3, -0.25) is 9.59 Å². The van der Waals surface area contributed by atoms with E-state index in [1.807, 2.05) is 44.2 Å². The summed E-state index contributed by atoms with van der Waals surface area (Å²) in [5.74, 6) is -0.207. The second-order valence-electron chi connectivity index (χ2n) is 8.67. The number of rotatable bonds is 7. The molecule has 1 aromatic heterocycles. The quantitative estimate of drug-likeness (QED) is 0.652. The van der Waals surface area contributed by atoms with Crippen molar-refractivity contribution < 1.29 is 24.2 Å². The first-order valence-electron chi connectivity index (χ1n) is 11.2. The van der Waals surface area contributed by atoms with Crippen molar-refractivity contribution in [2.24, 2.45) is 17.8 Å². The molecule has 0 amide bonds. The van der Waals surface area contributed by atoms with Crippen LogP contribution in [0.25, 0.3) is 11.1 Å². The predicted octanol–water partition coefficient (Wildman–Crippen LogP) is 3.97. The third-order valence-electron chi connectivity index (χ3n) is 6.37. The van der Waals surface area contributed by atoms with Crippen molar-refractivity contribution in [3.8, 4) is 16.9 Å². The molecule has 5 atom stereocenters. The summed E-state index contributed by atoms with van der Waals surface area (Å²) in [6.45, 7) is 7.82. The molecule has 7 heteroatoms. The van der Waals surface area contributed by atoms with Crippen molar-refractivity contribution in [3.05, 3.63) is 52.4 Å². The maximum absolute atomic E-state index is 13.2. The van der Waals surface area contributed by atoms with E-state index in [0.29, 0.717) is 5.56 Å². The fourth-order valence-electron chi connectivity index (χ4n) is 4.70. The SMILES string of the molecule is CC[C@@H](COC(C)=O)[C@H]1O[C@@H](c2c(O)c(-c3ccccc3)cn(OC)c2=O)[C@H](C)C[C@@H]1C. The van der Waals surface area contributed by atoms with Gasteiger partial charge in [-0.15, -0.1) is 0 Å². The van der Waals surface area contributed by atoms with Crippen molar-refractivity contribution in [1.82, 2.24) is 4.73 Å². The van der Waals surface area contributed by atoms with E-state index in [0.717, 1.165) is 23.1 Å². The molecule has 1 fully saturated rings. The summed E-state index contributed by atoms with van der Waals surface area (Å²) in [5.41, 5.74) is 1.02. The van der Waals surface area contributed by atoms with E-state index in [4.69, 9.17) is 14.3 Å². The maximum Gasteiger partial charge on any atom is 0.302 e. The highest BCUT2D eigenvalue weighted by Crippen LogP contribution is 2.44. The lowest BCUT2D eigenvalue weighted by Crippen LogP contribution is -2.43. The summed E-state index contributed by atoms with van der Waals surface area (Å²) >= 11 is 0. The number of hydrogen-bond donors (Lipinski definition) is 1. The fourth-order valence-corrected chi connectivity index (χ4v) is 4.70. The van der Waals surface area contributed by atoms with E-state index in [1.165, 1.54) is 20.2 Å². The monoisotopic (exact) mass is 443 g/mol. The van der Waals surface area contributed by atoms with Crippen LogP contribution in [0, 0.1) is 17.8 Å². The van der Waals surface area contributed by atoms with Crippen molar-refractivity contribution in [1.29, 1.82) is 0 Å². The van der Waals surface area contributed by atoms with Gasteiger partial charge >= 0.3 is 5.97 Å². The Bertz CT molecular complexity index is 986. The largest absolute Gasteiger partial charge is 0.507 e. The van der Waals surface area contributed by atoms with Crippen LogP contribution < -0.4 is 10.4 Å². The Morgan fingerprint density at radius 2 is 1.94 bits per heavy atom. The molecule has 1 saturated heterocycles. The lowest BCUT2D eigenvalue weighted by Gasteiger charge is -2.42. The highest BCUT2D eigenvalue weighted by atomic mass is 16.6. The lowest BCUT2D eigenvalue weighted by atomic mass is 9.78. The molecule has 3 rings (SSSR count). The van der Waals surface area contributed by atoms with Crippen LogP contribution in [0.2, 0.25) is 0 Å². The van der Waals surface area contributed by atoms with Crippen LogP contribution in [0.15, 0.2) is 41.3 Å². The molecule has 1 N–H and O–H groups in total. The molecule has 2 aromatic rings. The smallest absolute Gasteiger partial charge is 0.302 e. The number of carbonyl (C=O) groups is 1. The normalized spacial score (nSPS) is 24.0. The van der Waals surface area contributed by atoms with E-state index in [1.54, 1.807) is 0 Å². The third-order valence-corrected chi connectivity index (χ3v) is 6.37. The summed E-state index contributed by atoms with van der Waals surface area (Å²) < 4.78 is 12.9. The zero-order valence-electron chi connectivity index (χ0n) is 19.4. The number of aromatic hydroxyl groups is 1. The van der Waals surface area contributed by atoms with Crippen molar-refractivity contribution in [2.75, 3.05) is 13.7 Å². The van der Waals surface area contributed by atoms with Gasteiger partial charge in [-0.05, 0) is 30.2 Å². The molecular weight excluding hydrogens is 410 g/mol. The molecule has 0 saturated carbocycles. The Hall–Kier alpha value is -2.80. The zero-order chi connectivity index (χ0) is 23.4. The Labute approximate surface area is 188 Å². The lowest BCUT2D eigenvalue weighted by molar-refractivity contribution is -0.157. The number of hydrogen-bond acceptors (Lipinski definition) is 6. The van der Waals surface area contributed by atoms with Gasteiger partial charge in [0.05, 0.1) is 30.6 Å². The average molecular weight is 444 g/mol. The van der Waals surface area contributed by atoms with Gasteiger partial charge in [-0.25, -0.2) is 0 Å². The van der Waals surface area contributed by atoms with Gasteiger partial charge < -0.3 is 19.4 Å². The average Bonchev–Trinajstić information content (AvgIpc) is 2.77. The van der Waals surface area contributed by atoms with Crippen LogP contribution in [-0.4, -0.2) is 35.6 Å². The van der Waals surface area contributed by atoms with Gasteiger partial charge in [-0.2, -0.15) is 4.73 Å². The Morgan fingerprint density at radius 1 is 1.25 bits per heavy atom. The summed E-state index contributed by atoms with van der Waals surface area (Å²) in [7, 11) is 1.42. The highest BCUT2D eigenvalue weighted by Gasteiger charge is 2.41. The second kappa shape index (κ2) is 10.2. The number of esters is 1. The van der Waals surface area contributed by atoms with Crippen LogP contribution in [0.1, 0.15) is 52.2 Å². The highest BCUT2D eigenvalue weighted by molar-refractivity contribution is 5.71. The second-order valence-corrected chi connectivity index (χ2v) is 8.67. The summed E-state index contributed by atoms with van der Waals surface area (Å²) in [5, 5.41) is 11.2. The van der Waals surface area contributed by atoms with Gasteiger partial charge in [0.15, 0.2) is 0 Å². The van der Waals surface area contributed by atoms with Crippen LogP contribution in [-0.2, 0) is 14.3 Å². The summed E-state index contributed by atoms with van der Waals surface area (Å²) in [4.78, 5) is 29.9. The predicted molar refractivity (Wildman–Crippen MR) is 121 cm³/mol. The van der Waals surface area contributed by atoms with E-state index in [-0.39, 0.29) is 47.7 Å². The Morgan fingerprint density at radius 3 is 2.53 bits per heavy atom. The first-order valence-corrected chi connectivity index (χ1v) is 11.2. The summed E-state index contributed by atoms with van der Waals surface area (Å²) in [6.07, 6.45) is 2.25. The van der Waals surface area contributed by atoms with Gasteiger partial charge in [0.2, 0.25) is 0 Å². The number of ether oxygens (including phenoxy) is 2. The van der Waals surface area contributed by atoms with Crippen LogP contribution in [0.5, 0.6) is 5.75 Å². The van der Waals surface area contributed by atoms with Crippen LogP contribution in [0.3, 0.4) is 0 Å². The molecule has 1 aliphatic heterocycles. The molecule has 0 aliphatic carbocycles. The third kappa shape index (κ3) is 4.83. The molecule has 0 spiro atoms. The minimum Gasteiger partial charge on any atom is -0.507 e. The molecule has 1 aromatic carbocycles. The molecule has 32 heavy (non-hydrogen) atoms. The van der Waals surface area contributed by atoms with Crippen molar-refractivity contribution in [2.45, 2.75) is 52.7 Å². The summed E-state index contributed by atoms with van der Waals surface area (Å²) in [6, 6.07) is 9.36. The van der Waals surface area contributed by atoms with Crippen molar-refractivity contribution in [3.63, 3.8) is 0 Å². The number of nitrogens with zero attached hydrogens (tertiary/aromatic N) is 1. The molecule has 0 bridgehead atoms. The van der Waals surface area contributed by atoms with Crippen molar-refractivity contribution >= 4 is 5.97 Å². The molecule has 7 nitrogen and oxygen atoms in total. The minimum absolute atomic E-state index is 0.00223. The van der Waals surface area contributed by atoms with E-state index < -0.39 is 11.7 Å². The van der Waals surface area contributed by atoms with Crippen LogP contribution in [0.4, 0.5) is 0 Å². The fraction of sp³-hybridized carbons (Fsp3) is 0.520. The topological polar surface area (TPSA) is 87.0 Å². The number of pyridine rings is 1. The number of benzene rings is 1. The molecule has 1 aliphatic rings. The van der Waals surface area contributed by atoms with Crippen LogP contribution >= 0.6 is 0 Å². The first kappa shape index (κ1) is 23.9. The molecule has 174 valence electrons. The minimum atomic E-state index is -0.611. The van der Waals surface area contributed by atoms with E-state index in [9.17, 15) is 14.7 Å². The Balaban J connectivity index is 2.05. The molecule has 2 heterocycles. The van der Waals surface area contributed by atoms with E-state index in [2.05, 4.69) is 6.92 Å². The number of aromatic nitrogens is 1. The van der Waals surface area contributed by atoms with Gasteiger partial charge in [-0.1, -0.05) is 51.1 Å². The molecular formula is C25H33NO6. The Kier molecular flexibility index (Phi) is 7.61. The standard InChI is InChI=1S/C25H33NO6/c1-6-18(14-31-17(4)27)23-15(2)12-16(3)24(32-23)21-22(28)20(13-26(30-5)25(21)29)19-10-8-7-9-11-19/h7-11,13,15-16,18,23-24,28H,6,12,14H2,1-5H3/t15-,16+,18-,23-,24+/m0/s1. The zero-order valence-corrected chi connectivity index (χ0v) is 19.4.